The summed E-state index contributed by atoms with van der Waals surface area (Å²) in [5.74, 6) is 1.77. The van der Waals surface area contributed by atoms with Crippen LogP contribution in [0.15, 0.2) is 259 Å². The molecule has 2 aliphatic heterocycles. The van der Waals surface area contributed by atoms with E-state index in [2.05, 4.69) is 254 Å². The Morgan fingerprint density at radius 2 is 0.797 bits per heavy atom. The van der Waals surface area contributed by atoms with Gasteiger partial charge in [0.1, 0.15) is 11.5 Å². The molecule has 2 aliphatic carbocycles. The number of rotatable bonds is 4. The summed E-state index contributed by atoms with van der Waals surface area (Å²) in [4.78, 5) is 5.13. The second-order valence-corrected chi connectivity index (χ2v) is 19.7. The van der Waals surface area contributed by atoms with E-state index in [-0.39, 0.29) is 0 Å². The number of hydrogen-bond donors (Lipinski definition) is 0. The van der Waals surface area contributed by atoms with E-state index >= 15 is 0 Å². The van der Waals surface area contributed by atoms with Gasteiger partial charge in [-0.1, -0.05) is 206 Å². The molecule has 11 aromatic rings. The van der Waals surface area contributed by atoms with Gasteiger partial charge >= 0.3 is 0 Å². The van der Waals surface area contributed by atoms with Crippen molar-refractivity contribution in [2.75, 3.05) is 4.90 Å². The number of hydrogen-bond acceptors (Lipinski definition) is 3. The van der Waals surface area contributed by atoms with Gasteiger partial charge in [0.25, 0.3) is 0 Å². The molecule has 0 radical (unpaired) electrons. The zero-order valence-electron chi connectivity index (χ0n) is 37.4. The molecular weight excluding hydrogens is 855 g/mol. The summed E-state index contributed by atoms with van der Waals surface area (Å²) in [7, 11) is 0. The highest BCUT2D eigenvalue weighted by atomic mass is 32.2. The van der Waals surface area contributed by atoms with E-state index in [4.69, 9.17) is 4.74 Å². The number of anilines is 3. The third-order valence-electron chi connectivity index (χ3n) is 15.4. The third-order valence-corrected chi connectivity index (χ3v) is 16.5. The average molecular weight is 896 g/mol. The predicted molar refractivity (Wildman–Crippen MR) is 283 cm³/mol. The van der Waals surface area contributed by atoms with Crippen molar-refractivity contribution in [3.8, 4) is 44.9 Å². The topological polar surface area (TPSA) is 12.5 Å². The van der Waals surface area contributed by atoms with Gasteiger partial charge in [0.05, 0.1) is 16.5 Å². The maximum Gasteiger partial charge on any atom is 0.132 e. The first-order chi connectivity index (χ1) is 34.2. The van der Waals surface area contributed by atoms with Crippen LogP contribution >= 0.6 is 11.8 Å². The summed E-state index contributed by atoms with van der Waals surface area (Å²) in [5, 5.41) is 2.44. The van der Waals surface area contributed by atoms with Crippen LogP contribution in [0.5, 0.6) is 11.5 Å². The van der Waals surface area contributed by atoms with Crippen LogP contribution in [-0.4, -0.2) is 0 Å². The molecule has 11 aromatic carbocycles. The molecule has 69 heavy (non-hydrogen) atoms. The van der Waals surface area contributed by atoms with Gasteiger partial charge in [-0.05, 0) is 127 Å². The van der Waals surface area contributed by atoms with E-state index < -0.39 is 10.8 Å². The fourth-order valence-electron chi connectivity index (χ4n) is 12.7. The highest BCUT2D eigenvalue weighted by Gasteiger charge is 2.53. The molecule has 0 amide bonds. The largest absolute Gasteiger partial charge is 0.457 e. The second-order valence-electron chi connectivity index (χ2n) is 18.6. The molecule has 4 aliphatic rings. The van der Waals surface area contributed by atoms with Crippen molar-refractivity contribution in [3.05, 3.63) is 293 Å². The van der Waals surface area contributed by atoms with E-state index in [1.165, 1.54) is 87.3 Å². The van der Waals surface area contributed by atoms with Crippen LogP contribution < -0.4 is 9.64 Å². The van der Waals surface area contributed by atoms with Crippen LogP contribution in [0.2, 0.25) is 0 Å². The predicted octanol–water partition coefficient (Wildman–Crippen LogP) is 17.3. The molecule has 0 bridgehead atoms. The maximum atomic E-state index is 6.77. The monoisotopic (exact) mass is 895 g/mol. The smallest absolute Gasteiger partial charge is 0.132 e. The first-order valence-electron chi connectivity index (χ1n) is 23.8. The van der Waals surface area contributed by atoms with Gasteiger partial charge in [-0.2, -0.15) is 0 Å². The fraction of sp³-hybridized carbons (Fsp3) is 0.0303. The number of para-hydroxylation sites is 2. The Bertz CT molecular complexity index is 3840. The summed E-state index contributed by atoms with van der Waals surface area (Å²) < 4.78 is 6.77. The van der Waals surface area contributed by atoms with Gasteiger partial charge in [-0.3, -0.25) is 0 Å². The summed E-state index contributed by atoms with van der Waals surface area (Å²) in [5.41, 5.74) is 19.7. The summed E-state index contributed by atoms with van der Waals surface area (Å²) in [6.07, 6.45) is 0. The number of fused-ring (bicyclic) bond motifs is 20. The molecule has 0 atom stereocenters. The van der Waals surface area contributed by atoms with Gasteiger partial charge in [0.2, 0.25) is 0 Å². The SMILES string of the molecule is c1ccc(-c2ccc(N(c3ccc4c(c3)C3(c5ccccc5Oc5ccccc53)c3ccccc3-4)c3cc4c(c5ccccc35)-c3ccccc3C43c4ccccc4Sc4ccccc43)cc2)cc1. The van der Waals surface area contributed by atoms with Gasteiger partial charge in [0.15, 0.2) is 0 Å². The zero-order valence-corrected chi connectivity index (χ0v) is 38.3. The Labute approximate surface area is 405 Å². The Balaban J connectivity index is 1.05. The number of nitrogens with zero attached hydrogens (tertiary/aromatic N) is 1. The van der Waals surface area contributed by atoms with Crippen LogP contribution in [0.4, 0.5) is 17.1 Å². The lowest BCUT2D eigenvalue weighted by Crippen LogP contribution is -2.32. The molecule has 3 heteroatoms. The van der Waals surface area contributed by atoms with Crippen LogP contribution in [0.25, 0.3) is 44.2 Å². The maximum absolute atomic E-state index is 6.77. The van der Waals surface area contributed by atoms with Crippen molar-refractivity contribution < 1.29 is 4.74 Å². The van der Waals surface area contributed by atoms with E-state index in [9.17, 15) is 0 Å². The molecule has 0 unspecified atom stereocenters. The molecule has 0 aromatic heterocycles. The first-order valence-corrected chi connectivity index (χ1v) is 24.6. The van der Waals surface area contributed by atoms with Crippen molar-refractivity contribution >= 4 is 39.6 Å². The van der Waals surface area contributed by atoms with E-state index in [0.717, 1.165) is 39.7 Å². The van der Waals surface area contributed by atoms with Crippen molar-refractivity contribution in [2.45, 2.75) is 20.6 Å². The second kappa shape index (κ2) is 14.6. The van der Waals surface area contributed by atoms with Crippen LogP contribution in [0.1, 0.15) is 44.5 Å². The van der Waals surface area contributed by atoms with Crippen molar-refractivity contribution in [3.63, 3.8) is 0 Å². The highest BCUT2D eigenvalue weighted by Crippen LogP contribution is 2.66. The normalized spacial score (nSPS) is 14.4. The lowest BCUT2D eigenvalue weighted by Gasteiger charge is -2.40. The van der Waals surface area contributed by atoms with Gasteiger partial charge < -0.3 is 9.64 Å². The Morgan fingerprint density at radius 3 is 1.48 bits per heavy atom. The standard InChI is InChI=1S/C66H41NOS/c1-2-18-42(19-3-1)43-34-36-44(37-35-43)67(45-38-39-47-46-20-6-8-24-51(46)65(57(47)40-45)53-26-10-14-30-60(53)68-61-31-15-11-27-54(61)65)59-41-58-64(49-22-5-4-21-48(49)59)50-23-7-9-25-52(50)66(58)55-28-12-16-32-62(55)69-63-33-17-13-29-56(63)66/h1-41H. The first kappa shape index (κ1) is 38.7. The summed E-state index contributed by atoms with van der Waals surface area (Å²) in [6, 6.07) is 92.5. The fourth-order valence-corrected chi connectivity index (χ4v) is 13.9. The lowest BCUT2D eigenvalue weighted by molar-refractivity contribution is 0.436. The van der Waals surface area contributed by atoms with E-state index in [1.807, 2.05) is 11.8 Å². The van der Waals surface area contributed by atoms with Crippen molar-refractivity contribution in [2.24, 2.45) is 0 Å². The van der Waals surface area contributed by atoms with Gasteiger partial charge in [-0.25, -0.2) is 0 Å². The number of ether oxygens (including phenoxy) is 1. The number of benzene rings is 11. The zero-order chi connectivity index (χ0) is 45.3. The molecular formula is C66H41NOS. The highest BCUT2D eigenvalue weighted by molar-refractivity contribution is 7.99. The average Bonchev–Trinajstić information content (AvgIpc) is 3.87. The molecule has 2 spiro atoms. The Kier molecular flexibility index (Phi) is 8.17. The van der Waals surface area contributed by atoms with E-state index in [1.54, 1.807) is 0 Å². The molecule has 322 valence electrons. The molecule has 0 saturated heterocycles. The molecule has 2 nitrogen and oxygen atoms in total. The molecule has 2 heterocycles. The summed E-state index contributed by atoms with van der Waals surface area (Å²) in [6.45, 7) is 0. The summed E-state index contributed by atoms with van der Waals surface area (Å²) >= 11 is 1.89. The minimum absolute atomic E-state index is 0.550. The lowest BCUT2D eigenvalue weighted by atomic mass is 9.66. The van der Waals surface area contributed by atoms with E-state index in [0.29, 0.717) is 0 Å². The molecule has 15 rings (SSSR count). The minimum atomic E-state index is -0.616. The van der Waals surface area contributed by atoms with Crippen molar-refractivity contribution in [1.29, 1.82) is 0 Å². The van der Waals surface area contributed by atoms with Crippen molar-refractivity contribution in [1.82, 2.24) is 0 Å². The quantitative estimate of drug-likeness (QED) is 0.175. The Morgan fingerprint density at radius 1 is 0.319 bits per heavy atom. The third kappa shape index (κ3) is 5.17. The Hall–Kier alpha value is -8.37. The minimum Gasteiger partial charge on any atom is -0.457 e. The molecule has 0 saturated carbocycles. The van der Waals surface area contributed by atoms with Crippen LogP contribution in [-0.2, 0) is 10.8 Å². The van der Waals surface area contributed by atoms with Crippen LogP contribution in [0.3, 0.4) is 0 Å². The molecule has 0 N–H and O–H groups in total. The molecule has 0 fully saturated rings. The van der Waals surface area contributed by atoms with Crippen LogP contribution in [0, 0.1) is 0 Å². The van der Waals surface area contributed by atoms with Gasteiger partial charge in [0, 0.05) is 37.7 Å². The van der Waals surface area contributed by atoms with Gasteiger partial charge in [-0.15, -0.1) is 0 Å².